The van der Waals surface area contributed by atoms with Crippen LogP contribution in [0.25, 0.3) is 0 Å². The number of anilines is 1. The van der Waals surface area contributed by atoms with Gasteiger partial charge in [0.1, 0.15) is 30.7 Å². The molecule has 0 spiro atoms. The monoisotopic (exact) mass is 1040 g/mol. The molecule has 71 heavy (non-hydrogen) atoms. The number of phosphoric ester groups is 2. The highest BCUT2D eigenvalue weighted by molar-refractivity contribution is 7.61. The number of aliphatic hydroxyl groups is 3. The predicted molar refractivity (Wildman–Crippen MR) is 272 cm³/mol. The van der Waals surface area contributed by atoms with Crippen molar-refractivity contribution in [2.45, 2.75) is 198 Å². The molecule has 0 aliphatic carbocycles. The van der Waals surface area contributed by atoms with Gasteiger partial charge in [0, 0.05) is 19.0 Å². The van der Waals surface area contributed by atoms with Crippen molar-refractivity contribution < 1.29 is 71.4 Å². The first-order valence-electron chi connectivity index (χ1n) is 25.4. The third-order valence-electron chi connectivity index (χ3n) is 11.2. The first-order valence-corrected chi connectivity index (χ1v) is 28.4. The van der Waals surface area contributed by atoms with Gasteiger partial charge in [-0.05, 0) is 76.7 Å². The Morgan fingerprint density at radius 2 is 1.32 bits per heavy atom. The number of allylic oxidation sites excluding steroid dienone is 8. The highest BCUT2D eigenvalue weighted by atomic mass is 31.3. The van der Waals surface area contributed by atoms with Gasteiger partial charge in [0.15, 0.2) is 12.3 Å². The number of ether oxygens (including phenoxy) is 3. The molecule has 1 saturated heterocycles. The fourth-order valence-corrected chi connectivity index (χ4v) is 9.25. The van der Waals surface area contributed by atoms with Crippen LogP contribution in [0.4, 0.5) is 5.82 Å². The summed E-state index contributed by atoms with van der Waals surface area (Å²) < 4.78 is 56.6. The van der Waals surface area contributed by atoms with Crippen molar-refractivity contribution in [1.82, 2.24) is 9.55 Å². The summed E-state index contributed by atoms with van der Waals surface area (Å²) in [7, 11) is -10.9. The van der Waals surface area contributed by atoms with Gasteiger partial charge in [0.2, 0.25) is 0 Å². The van der Waals surface area contributed by atoms with Crippen molar-refractivity contribution in [1.29, 1.82) is 0 Å². The molecule has 0 amide bonds. The summed E-state index contributed by atoms with van der Waals surface area (Å²) >= 11 is 0. The molecule has 0 bridgehead atoms. The Morgan fingerprint density at radius 3 is 2.03 bits per heavy atom. The predicted octanol–water partition coefficient (Wildman–Crippen LogP) is 9.30. The van der Waals surface area contributed by atoms with Crippen LogP contribution in [0.15, 0.2) is 77.8 Å². The van der Waals surface area contributed by atoms with E-state index in [1.54, 1.807) is 6.08 Å². The van der Waals surface area contributed by atoms with Crippen LogP contribution in [0, 0.1) is 0 Å². The van der Waals surface area contributed by atoms with Crippen molar-refractivity contribution in [3.05, 3.63) is 83.5 Å². The number of esters is 2. The third-order valence-corrected chi connectivity index (χ3v) is 13.8. The zero-order valence-corrected chi connectivity index (χ0v) is 43.7. The molecule has 404 valence electrons. The summed E-state index contributed by atoms with van der Waals surface area (Å²) in [5, 5.41) is 31.0. The van der Waals surface area contributed by atoms with Crippen LogP contribution in [-0.2, 0) is 46.3 Å². The summed E-state index contributed by atoms with van der Waals surface area (Å²) in [6.45, 7) is 1.97. The lowest BCUT2D eigenvalue weighted by Crippen LogP contribution is -2.36. The highest BCUT2D eigenvalue weighted by Gasteiger charge is 2.46. The van der Waals surface area contributed by atoms with Gasteiger partial charge in [-0.1, -0.05) is 139 Å². The SMILES string of the molecule is CCCCC/C=C\C=C/[C@H](O)C/C=C\C/C=C/CCCC(=O)O[C@H](COC(=O)CCCCCCC/C=C\CCCCCCCC)COP(=O)(O)OP(=O)(O)OC[C@H]1O[C@@H](n2ccc(N)nc2=O)[C@H](O)[C@@H]1O. The normalized spacial score (nSPS) is 20.1. The fraction of sp³-hybridized carbons (Fsp3) is 0.680. The fourth-order valence-electron chi connectivity index (χ4n) is 7.14. The average Bonchev–Trinajstić information content (AvgIpc) is 3.60. The van der Waals surface area contributed by atoms with E-state index >= 15 is 0 Å². The number of nitrogens with two attached hydrogens (primary N) is 1. The van der Waals surface area contributed by atoms with E-state index in [2.05, 4.69) is 41.4 Å². The van der Waals surface area contributed by atoms with Crippen LogP contribution < -0.4 is 11.4 Å². The quantitative estimate of drug-likeness (QED) is 0.0117. The second kappa shape index (κ2) is 38.1. The van der Waals surface area contributed by atoms with E-state index in [1.165, 1.54) is 57.4 Å². The van der Waals surface area contributed by atoms with Crippen LogP contribution in [0.5, 0.6) is 0 Å². The van der Waals surface area contributed by atoms with Crippen LogP contribution in [0.2, 0.25) is 0 Å². The van der Waals surface area contributed by atoms with E-state index in [-0.39, 0.29) is 18.7 Å². The van der Waals surface area contributed by atoms with E-state index in [0.717, 1.165) is 62.1 Å². The lowest BCUT2D eigenvalue weighted by molar-refractivity contribution is -0.161. The number of nitrogens with zero attached hydrogens (tertiary/aromatic N) is 2. The molecule has 1 aliphatic rings. The van der Waals surface area contributed by atoms with Gasteiger partial charge >= 0.3 is 33.3 Å². The van der Waals surface area contributed by atoms with Crippen LogP contribution in [0.1, 0.15) is 168 Å². The van der Waals surface area contributed by atoms with E-state index in [0.29, 0.717) is 32.1 Å². The molecule has 2 rings (SSSR count). The molecule has 1 fully saturated rings. The second-order valence-corrected chi connectivity index (χ2v) is 20.6. The Kier molecular flexibility index (Phi) is 34.1. The van der Waals surface area contributed by atoms with Gasteiger partial charge in [-0.15, -0.1) is 0 Å². The van der Waals surface area contributed by atoms with Gasteiger partial charge in [-0.2, -0.15) is 9.29 Å². The number of hydrogen-bond acceptors (Lipinski definition) is 16. The molecule has 8 atom stereocenters. The Balaban J connectivity index is 1.85. The minimum atomic E-state index is -5.45. The number of carbonyl (C=O) groups excluding carboxylic acids is 2. The second-order valence-electron chi connectivity index (χ2n) is 17.5. The van der Waals surface area contributed by atoms with Gasteiger partial charge < -0.3 is 45.1 Å². The number of aromatic nitrogens is 2. The molecule has 19 nitrogen and oxygen atoms in total. The van der Waals surface area contributed by atoms with E-state index < -0.39 is 89.8 Å². The molecule has 21 heteroatoms. The number of unbranched alkanes of at least 4 members (excludes halogenated alkanes) is 15. The molecule has 0 radical (unpaired) electrons. The molecule has 0 aromatic carbocycles. The summed E-state index contributed by atoms with van der Waals surface area (Å²) in [4.78, 5) is 61.9. The maximum atomic E-state index is 12.8. The maximum Gasteiger partial charge on any atom is 0.481 e. The highest BCUT2D eigenvalue weighted by Crippen LogP contribution is 2.60. The number of rotatable bonds is 41. The number of hydrogen-bond donors (Lipinski definition) is 6. The smallest absolute Gasteiger partial charge is 0.462 e. The van der Waals surface area contributed by atoms with Crippen molar-refractivity contribution in [2.75, 3.05) is 25.6 Å². The molecule has 2 heterocycles. The Bertz CT molecular complexity index is 1940. The summed E-state index contributed by atoms with van der Waals surface area (Å²) in [6.07, 6.45) is 33.3. The molecule has 0 saturated carbocycles. The molecule has 1 aromatic rings. The zero-order chi connectivity index (χ0) is 52.2. The van der Waals surface area contributed by atoms with Crippen molar-refractivity contribution in [3.8, 4) is 0 Å². The first kappa shape index (κ1) is 63.5. The lowest BCUT2D eigenvalue weighted by Gasteiger charge is -2.21. The molecule has 2 unspecified atom stereocenters. The van der Waals surface area contributed by atoms with Crippen molar-refractivity contribution >= 4 is 33.4 Å². The summed E-state index contributed by atoms with van der Waals surface area (Å²) in [6, 6.07) is 1.24. The molecular formula is C50H83N3O16P2. The largest absolute Gasteiger partial charge is 0.481 e. The van der Waals surface area contributed by atoms with E-state index in [4.69, 9.17) is 29.0 Å². The maximum absolute atomic E-state index is 12.8. The first-order chi connectivity index (χ1) is 34.1. The van der Waals surface area contributed by atoms with Crippen LogP contribution in [0.3, 0.4) is 0 Å². The van der Waals surface area contributed by atoms with Gasteiger partial charge in [0.25, 0.3) is 0 Å². The summed E-state index contributed by atoms with van der Waals surface area (Å²) in [5.41, 5.74) is 4.57. The van der Waals surface area contributed by atoms with Crippen LogP contribution >= 0.6 is 15.6 Å². The molecule has 1 aliphatic heterocycles. The number of aliphatic hydroxyl groups excluding tert-OH is 3. The minimum absolute atomic E-state index is 0.0633. The number of phosphoric acid groups is 2. The summed E-state index contributed by atoms with van der Waals surface area (Å²) in [5.74, 6) is -1.42. The van der Waals surface area contributed by atoms with Gasteiger partial charge in [-0.3, -0.25) is 23.2 Å². The van der Waals surface area contributed by atoms with E-state index in [9.17, 15) is 48.6 Å². The van der Waals surface area contributed by atoms with Gasteiger partial charge in [-0.25, -0.2) is 13.9 Å². The Labute approximate surface area is 420 Å². The molecular weight excluding hydrogens is 961 g/mol. The zero-order valence-electron chi connectivity index (χ0n) is 41.9. The van der Waals surface area contributed by atoms with Crippen molar-refractivity contribution in [2.24, 2.45) is 0 Å². The third kappa shape index (κ3) is 30.9. The Morgan fingerprint density at radius 1 is 0.746 bits per heavy atom. The topological polar surface area (TPSA) is 286 Å². The van der Waals surface area contributed by atoms with Crippen molar-refractivity contribution in [3.63, 3.8) is 0 Å². The Hall–Kier alpha value is -3.58. The van der Waals surface area contributed by atoms with E-state index in [1.807, 2.05) is 36.5 Å². The number of carbonyl (C=O) groups is 2. The standard InChI is InChI=1S/C50H83N3O16P2/c1-3-5-7-9-11-12-13-14-15-16-17-18-22-26-30-34-45(55)64-38-42(67-46(56)35-31-27-23-19-21-25-29-33-41(54)32-28-24-20-10-8-6-4-2)39-65-70(60,61)69-71(62,63)66-40-43-47(57)48(58)49(68-43)53-37-36-44(51)52-50(53)59/h14-15,19-20,23-25,28-29,32,36-37,41-43,47-49,54,57-58H,3-13,16-18,21-22,26-27,30-31,33-35,38-40H2,1-2H3,(H,60,61)(H,62,63)(H2,51,52,59)/b15-14-,23-19+,24-20-,29-25-,32-28-/t41-,42+,43+,47+,48+,49+/m0/s1. The number of nitrogen functional groups attached to an aromatic ring is 1. The van der Waals surface area contributed by atoms with Gasteiger partial charge in [0.05, 0.1) is 19.3 Å². The molecule has 7 N–H and O–H groups in total. The molecule has 1 aromatic heterocycles. The minimum Gasteiger partial charge on any atom is -0.462 e. The average molecular weight is 1040 g/mol. The van der Waals surface area contributed by atoms with Crippen LogP contribution in [-0.4, -0.2) is 96.9 Å². The lowest BCUT2D eigenvalue weighted by atomic mass is 10.1.